The van der Waals surface area contributed by atoms with Crippen LogP contribution >= 0.6 is 11.6 Å². The van der Waals surface area contributed by atoms with Gasteiger partial charge < -0.3 is 11.1 Å². The zero-order chi connectivity index (χ0) is 19.3. The van der Waals surface area contributed by atoms with Gasteiger partial charge in [0.2, 0.25) is 0 Å². The third kappa shape index (κ3) is 4.07. The minimum Gasteiger partial charge on any atom is -0.366 e. The molecule has 134 valence electrons. The van der Waals surface area contributed by atoms with Crippen molar-refractivity contribution in [2.75, 3.05) is 0 Å². The molecule has 0 saturated carbocycles. The quantitative estimate of drug-likeness (QED) is 0.601. The Morgan fingerprint density at radius 1 is 1.42 bits per heavy atom. The van der Waals surface area contributed by atoms with E-state index >= 15 is 0 Å². The molecule has 8 heteroatoms. The zero-order valence-electron chi connectivity index (χ0n) is 14.4. The van der Waals surface area contributed by atoms with Gasteiger partial charge in [-0.05, 0) is 38.1 Å². The third-order valence-corrected chi connectivity index (χ3v) is 3.64. The van der Waals surface area contributed by atoms with E-state index in [9.17, 15) is 9.59 Å². The number of aromatic nitrogens is 3. The van der Waals surface area contributed by atoms with E-state index in [1.165, 1.54) is 10.8 Å². The van der Waals surface area contributed by atoms with Crippen molar-refractivity contribution >= 4 is 23.4 Å². The van der Waals surface area contributed by atoms with Crippen LogP contribution in [0.4, 0.5) is 0 Å². The van der Waals surface area contributed by atoms with Crippen LogP contribution in [-0.2, 0) is 4.79 Å². The maximum absolute atomic E-state index is 12.8. The number of rotatable bonds is 6. The van der Waals surface area contributed by atoms with Crippen LogP contribution in [0, 0.1) is 6.92 Å². The molecular formula is C18H18ClN5O2. The predicted octanol–water partition coefficient (Wildman–Crippen LogP) is 2.46. The largest absolute Gasteiger partial charge is 0.366 e. The van der Waals surface area contributed by atoms with Gasteiger partial charge in [0.15, 0.2) is 5.82 Å². The second kappa shape index (κ2) is 8.26. The molecule has 0 aliphatic carbocycles. The predicted molar refractivity (Wildman–Crippen MR) is 99.8 cm³/mol. The standard InChI is InChI=1S/C18H18ClN5O2/c1-4-7-14(12(5-2)16(20)25)22-18(26)15-10-11(3)23-24(15)17-13(19)8-6-9-21-17/h4-10H,2H2,1,3H3,(H2,20,25)(H,22,26)/b7-4-,14-12-. The Balaban J connectivity index is 2.50. The fourth-order valence-corrected chi connectivity index (χ4v) is 2.45. The number of nitrogens with one attached hydrogen (secondary N) is 1. The summed E-state index contributed by atoms with van der Waals surface area (Å²) < 4.78 is 1.35. The van der Waals surface area contributed by atoms with Gasteiger partial charge in [-0.1, -0.05) is 30.3 Å². The van der Waals surface area contributed by atoms with Gasteiger partial charge in [0.25, 0.3) is 11.8 Å². The molecule has 26 heavy (non-hydrogen) atoms. The van der Waals surface area contributed by atoms with Gasteiger partial charge in [-0.3, -0.25) is 9.59 Å². The van der Waals surface area contributed by atoms with Crippen molar-refractivity contribution < 1.29 is 9.59 Å². The Morgan fingerprint density at radius 2 is 2.15 bits per heavy atom. The van der Waals surface area contributed by atoms with Gasteiger partial charge in [0, 0.05) is 6.20 Å². The van der Waals surface area contributed by atoms with Gasteiger partial charge in [-0.25, -0.2) is 9.67 Å². The first-order valence-corrected chi connectivity index (χ1v) is 8.05. The Bertz CT molecular complexity index is 927. The highest BCUT2D eigenvalue weighted by atomic mass is 35.5. The summed E-state index contributed by atoms with van der Waals surface area (Å²) in [7, 11) is 0. The van der Waals surface area contributed by atoms with E-state index in [1.807, 2.05) is 0 Å². The minimum atomic E-state index is -0.703. The fourth-order valence-electron chi connectivity index (χ4n) is 2.25. The van der Waals surface area contributed by atoms with E-state index in [1.54, 1.807) is 50.4 Å². The topological polar surface area (TPSA) is 103 Å². The number of allylic oxidation sites excluding steroid dienone is 2. The van der Waals surface area contributed by atoms with E-state index in [2.05, 4.69) is 22.0 Å². The van der Waals surface area contributed by atoms with Gasteiger partial charge in [0.05, 0.1) is 22.0 Å². The van der Waals surface area contributed by atoms with E-state index in [-0.39, 0.29) is 17.0 Å². The van der Waals surface area contributed by atoms with E-state index in [0.29, 0.717) is 16.5 Å². The molecule has 2 heterocycles. The molecule has 2 amide bonds. The van der Waals surface area contributed by atoms with Crippen molar-refractivity contribution in [3.8, 4) is 5.82 Å². The second-order valence-corrected chi connectivity index (χ2v) is 5.65. The molecule has 0 bridgehead atoms. The van der Waals surface area contributed by atoms with Crippen LogP contribution in [0.25, 0.3) is 5.82 Å². The molecule has 0 fully saturated rings. The Hall–Kier alpha value is -3.19. The molecule has 0 atom stereocenters. The minimum absolute atomic E-state index is 0.0927. The summed E-state index contributed by atoms with van der Waals surface area (Å²) in [5.41, 5.74) is 6.48. The van der Waals surface area contributed by atoms with Crippen molar-refractivity contribution in [3.63, 3.8) is 0 Å². The van der Waals surface area contributed by atoms with Crippen LogP contribution in [-0.4, -0.2) is 26.6 Å². The molecule has 2 rings (SSSR count). The summed E-state index contributed by atoms with van der Waals surface area (Å²) in [5.74, 6) is -0.880. The monoisotopic (exact) mass is 371 g/mol. The summed E-state index contributed by atoms with van der Waals surface area (Å²) in [5, 5.41) is 7.28. The lowest BCUT2D eigenvalue weighted by molar-refractivity contribution is -0.114. The third-order valence-electron chi connectivity index (χ3n) is 3.35. The van der Waals surface area contributed by atoms with E-state index < -0.39 is 11.8 Å². The smallest absolute Gasteiger partial charge is 0.274 e. The Kier molecular flexibility index (Phi) is 6.08. The van der Waals surface area contributed by atoms with Crippen LogP contribution in [0.5, 0.6) is 0 Å². The molecule has 7 nitrogen and oxygen atoms in total. The molecule has 0 aliphatic rings. The normalized spacial score (nSPS) is 12.0. The molecule has 0 aliphatic heterocycles. The van der Waals surface area contributed by atoms with Gasteiger partial charge in [0.1, 0.15) is 5.69 Å². The summed E-state index contributed by atoms with van der Waals surface area (Å²) >= 11 is 6.16. The highest BCUT2D eigenvalue weighted by Gasteiger charge is 2.19. The van der Waals surface area contributed by atoms with Gasteiger partial charge >= 0.3 is 0 Å². The van der Waals surface area contributed by atoms with Gasteiger partial charge in [-0.15, -0.1) is 0 Å². The second-order valence-electron chi connectivity index (χ2n) is 5.24. The maximum atomic E-state index is 12.8. The van der Waals surface area contributed by atoms with E-state index in [0.717, 1.165) is 0 Å². The lowest BCUT2D eigenvalue weighted by Crippen LogP contribution is -2.28. The number of carbonyl (C=O) groups is 2. The number of hydrogen-bond donors (Lipinski definition) is 2. The number of aryl methyl sites for hydroxylation is 1. The van der Waals surface area contributed by atoms with Crippen molar-refractivity contribution in [2.45, 2.75) is 13.8 Å². The summed E-state index contributed by atoms with van der Waals surface area (Å²) in [6, 6.07) is 4.92. The highest BCUT2D eigenvalue weighted by molar-refractivity contribution is 6.32. The van der Waals surface area contributed by atoms with Crippen molar-refractivity contribution in [1.82, 2.24) is 20.1 Å². The molecular weight excluding hydrogens is 354 g/mol. The number of hydrogen-bond acceptors (Lipinski definition) is 4. The number of pyridine rings is 1. The molecule has 2 aromatic heterocycles. The SMILES string of the molecule is C=C/C(C(N)=O)=C(\C=C/C)NC(=O)c1cc(C)nn1-c1ncccc1Cl. The first kappa shape index (κ1) is 19.1. The zero-order valence-corrected chi connectivity index (χ0v) is 15.1. The number of nitrogens with two attached hydrogens (primary N) is 1. The van der Waals surface area contributed by atoms with Crippen LogP contribution in [0.3, 0.4) is 0 Å². The molecule has 0 unspecified atom stereocenters. The van der Waals surface area contributed by atoms with Crippen LogP contribution in [0.2, 0.25) is 5.02 Å². The van der Waals surface area contributed by atoms with Crippen LogP contribution in [0.1, 0.15) is 23.1 Å². The number of carbonyl (C=O) groups excluding carboxylic acids is 2. The molecule has 0 radical (unpaired) electrons. The summed E-state index contributed by atoms with van der Waals surface area (Å²) in [4.78, 5) is 28.5. The maximum Gasteiger partial charge on any atom is 0.274 e. The van der Waals surface area contributed by atoms with E-state index in [4.69, 9.17) is 17.3 Å². The highest BCUT2D eigenvalue weighted by Crippen LogP contribution is 2.19. The lowest BCUT2D eigenvalue weighted by atomic mass is 10.1. The number of halogens is 1. The first-order valence-electron chi connectivity index (χ1n) is 7.67. The van der Waals surface area contributed by atoms with Gasteiger partial charge in [-0.2, -0.15) is 5.10 Å². The first-order chi connectivity index (χ1) is 12.4. The summed E-state index contributed by atoms with van der Waals surface area (Å²) in [6.45, 7) is 7.04. The molecule has 3 N–H and O–H groups in total. The van der Waals surface area contributed by atoms with Crippen LogP contribution in [0.15, 0.2) is 60.5 Å². The van der Waals surface area contributed by atoms with Crippen molar-refractivity contribution in [1.29, 1.82) is 0 Å². The molecule has 0 aromatic carbocycles. The molecule has 2 aromatic rings. The fraction of sp³-hybridized carbons (Fsp3) is 0.111. The number of nitrogens with zero attached hydrogens (tertiary/aromatic N) is 3. The molecule has 0 spiro atoms. The lowest BCUT2D eigenvalue weighted by Gasteiger charge is -2.11. The molecule has 0 saturated heterocycles. The number of amides is 2. The van der Waals surface area contributed by atoms with Crippen molar-refractivity contribution in [2.24, 2.45) is 5.73 Å². The number of primary amides is 1. The Labute approximate surface area is 155 Å². The van der Waals surface area contributed by atoms with Crippen LogP contribution < -0.4 is 11.1 Å². The summed E-state index contributed by atoms with van der Waals surface area (Å²) in [6.07, 6.45) is 6.06. The van der Waals surface area contributed by atoms with Crippen molar-refractivity contribution in [3.05, 3.63) is 76.9 Å². The average Bonchev–Trinajstić information content (AvgIpc) is 2.97. The average molecular weight is 372 g/mol. The Morgan fingerprint density at radius 3 is 2.73 bits per heavy atom.